The first-order valence-corrected chi connectivity index (χ1v) is 8.45. The Balaban J connectivity index is 1.66. The van der Waals surface area contributed by atoms with Gasteiger partial charge in [-0.25, -0.2) is 0 Å². The summed E-state index contributed by atoms with van der Waals surface area (Å²) in [5, 5.41) is 6.24. The second kappa shape index (κ2) is 7.71. The highest BCUT2D eigenvalue weighted by Gasteiger charge is 2.15. The van der Waals surface area contributed by atoms with Crippen molar-refractivity contribution in [1.29, 1.82) is 0 Å². The number of ketones is 1. The van der Waals surface area contributed by atoms with Crippen molar-refractivity contribution < 1.29 is 9.59 Å². The van der Waals surface area contributed by atoms with E-state index < -0.39 is 0 Å². The molecule has 0 spiro atoms. The Kier molecular flexibility index (Phi) is 5.94. The van der Waals surface area contributed by atoms with Crippen LogP contribution in [0.3, 0.4) is 0 Å². The van der Waals surface area contributed by atoms with Crippen molar-refractivity contribution in [2.45, 2.75) is 39.5 Å². The quantitative estimate of drug-likeness (QED) is 0.761. The molecule has 2 rings (SSSR count). The van der Waals surface area contributed by atoms with Gasteiger partial charge in [-0.05, 0) is 51.8 Å². The Morgan fingerprint density at radius 3 is 2.81 bits per heavy atom. The van der Waals surface area contributed by atoms with Gasteiger partial charge in [-0.2, -0.15) is 0 Å². The first kappa shape index (κ1) is 16.2. The fourth-order valence-electron chi connectivity index (χ4n) is 2.73. The summed E-state index contributed by atoms with van der Waals surface area (Å²) in [6.07, 6.45) is 2.81. The summed E-state index contributed by atoms with van der Waals surface area (Å²) in [7, 11) is 0. The van der Waals surface area contributed by atoms with Crippen LogP contribution >= 0.6 is 11.3 Å². The number of carbonyl (C=O) groups excluding carboxylic acids is 2. The van der Waals surface area contributed by atoms with Gasteiger partial charge in [0, 0.05) is 34.7 Å². The maximum absolute atomic E-state index is 12.1. The van der Waals surface area contributed by atoms with E-state index in [2.05, 4.69) is 10.6 Å². The van der Waals surface area contributed by atoms with Crippen LogP contribution in [-0.2, 0) is 4.79 Å². The average molecular weight is 308 g/mol. The second-order valence-electron chi connectivity index (χ2n) is 5.75. The molecular formula is C16H24N2O2S. The third-order valence-corrected chi connectivity index (χ3v) is 4.92. The molecule has 1 amide bonds. The number of rotatable bonds is 7. The molecule has 0 radical (unpaired) electrons. The highest BCUT2D eigenvalue weighted by atomic mass is 32.1. The molecule has 1 fully saturated rings. The van der Waals surface area contributed by atoms with Crippen LogP contribution in [0.25, 0.3) is 0 Å². The van der Waals surface area contributed by atoms with Crippen LogP contribution in [0.2, 0.25) is 0 Å². The number of amides is 1. The van der Waals surface area contributed by atoms with E-state index >= 15 is 0 Å². The van der Waals surface area contributed by atoms with Gasteiger partial charge >= 0.3 is 0 Å². The first-order valence-electron chi connectivity index (χ1n) is 7.64. The Morgan fingerprint density at radius 1 is 1.38 bits per heavy atom. The molecule has 0 aromatic carbocycles. The Hall–Kier alpha value is -1.20. The lowest BCUT2D eigenvalue weighted by molar-refractivity contribution is -0.121. The van der Waals surface area contributed by atoms with Crippen LogP contribution in [0, 0.1) is 19.8 Å². The largest absolute Gasteiger partial charge is 0.356 e. The summed E-state index contributed by atoms with van der Waals surface area (Å²) in [4.78, 5) is 26.0. The number of carbonyl (C=O) groups is 2. The molecule has 1 atom stereocenters. The van der Waals surface area contributed by atoms with Crippen LogP contribution in [0.5, 0.6) is 0 Å². The number of Topliss-reactive ketones (excluding diaryl/α,β-unsaturated/α-hetero) is 1. The molecule has 1 aromatic heterocycles. The van der Waals surface area contributed by atoms with Crippen LogP contribution < -0.4 is 10.6 Å². The zero-order chi connectivity index (χ0) is 15.2. The minimum atomic E-state index is -0.0149. The molecular weight excluding hydrogens is 284 g/mol. The molecule has 1 unspecified atom stereocenters. The topological polar surface area (TPSA) is 58.2 Å². The molecule has 0 aliphatic carbocycles. The predicted octanol–water partition coefficient (Wildman–Crippen LogP) is 2.44. The molecule has 5 heteroatoms. The summed E-state index contributed by atoms with van der Waals surface area (Å²) < 4.78 is 0. The van der Waals surface area contributed by atoms with Gasteiger partial charge in [0.25, 0.3) is 0 Å². The summed E-state index contributed by atoms with van der Waals surface area (Å²) in [6.45, 7) is 6.83. The Bertz CT molecular complexity index is 504. The molecule has 1 aromatic rings. The number of nitrogens with one attached hydrogen (secondary N) is 2. The molecule has 4 nitrogen and oxygen atoms in total. The lowest BCUT2D eigenvalue weighted by Gasteiger charge is -2.09. The highest BCUT2D eigenvalue weighted by molar-refractivity contribution is 7.12. The Labute approximate surface area is 130 Å². The van der Waals surface area contributed by atoms with Gasteiger partial charge in [0.2, 0.25) is 5.91 Å². The molecule has 2 N–H and O–H groups in total. The van der Waals surface area contributed by atoms with Crippen molar-refractivity contribution in [3.63, 3.8) is 0 Å². The molecule has 1 aliphatic rings. The first-order chi connectivity index (χ1) is 10.1. The van der Waals surface area contributed by atoms with Crippen LogP contribution in [0.15, 0.2) is 6.07 Å². The van der Waals surface area contributed by atoms with E-state index in [1.165, 1.54) is 6.42 Å². The monoisotopic (exact) mass is 308 g/mol. The van der Waals surface area contributed by atoms with Crippen LogP contribution in [0.1, 0.15) is 45.8 Å². The molecule has 116 valence electrons. The van der Waals surface area contributed by atoms with E-state index in [1.54, 1.807) is 11.3 Å². The minimum Gasteiger partial charge on any atom is -0.356 e. The molecule has 0 saturated carbocycles. The van der Waals surface area contributed by atoms with Crippen molar-refractivity contribution in [3.8, 4) is 0 Å². The van der Waals surface area contributed by atoms with E-state index in [4.69, 9.17) is 0 Å². The molecule has 0 bridgehead atoms. The van der Waals surface area contributed by atoms with Gasteiger partial charge in [0.05, 0.1) is 0 Å². The SMILES string of the molecule is Cc1cc(C(=O)CCC(=O)NCCC2CCNC2)c(C)s1. The van der Waals surface area contributed by atoms with Gasteiger partial charge in [-0.3, -0.25) is 9.59 Å². The molecule has 2 heterocycles. The van der Waals surface area contributed by atoms with Gasteiger partial charge in [0.15, 0.2) is 5.78 Å². The van der Waals surface area contributed by atoms with Gasteiger partial charge < -0.3 is 10.6 Å². The van der Waals surface area contributed by atoms with Gasteiger partial charge in [-0.1, -0.05) is 0 Å². The Morgan fingerprint density at radius 2 is 2.19 bits per heavy atom. The maximum atomic E-state index is 12.1. The number of thiophene rings is 1. The van der Waals surface area contributed by atoms with Crippen molar-refractivity contribution >= 4 is 23.0 Å². The van der Waals surface area contributed by atoms with Crippen LogP contribution in [0.4, 0.5) is 0 Å². The number of hydrogen-bond acceptors (Lipinski definition) is 4. The highest BCUT2D eigenvalue weighted by Crippen LogP contribution is 2.22. The van der Waals surface area contributed by atoms with Crippen molar-refractivity contribution in [3.05, 3.63) is 21.4 Å². The summed E-state index contributed by atoms with van der Waals surface area (Å²) in [5.41, 5.74) is 0.780. The fraction of sp³-hybridized carbons (Fsp3) is 0.625. The zero-order valence-corrected chi connectivity index (χ0v) is 13.6. The van der Waals surface area contributed by atoms with E-state index in [-0.39, 0.29) is 18.1 Å². The lowest BCUT2D eigenvalue weighted by atomic mass is 10.0. The van der Waals surface area contributed by atoms with Crippen molar-refractivity contribution in [2.24, 2.45) is 5.92 Å². The van der Waals surface area contributed by atoms with E-state index in [0.717, 1.165) is 41.4 Å². The maximum Gasteiger partial charge on any atom is 0.220 e. The third-order valence-electron chi connectivity index (χ3n) is 3.96. The predicted molar refractivity (Wildman–Crippen MR) is 86.0 cm³/mol. The smallest absolute Gasteiger partial charge is 0.220 e. The average Bonchev–Trinajstić information content (AvgIpc) is 3.06. The van der Waals surface area contributed by atoms with Crippen molar-refractivity contribution in [2.75, 3.05) is 19.6 Å². The normalized spacial score (nSPS) is 17.9. The van der Waals surface area contributed by atoms with Gasteiger partial charge in [-0.15, -0.1) is 11.3 Å². The summed E-state index contributed by atoms with van der Waals surface area (Å²) in [5.74, 6) is 0.745. The van der Waals surface area contributed by atoms with Gasteiger partial charge in [0.1, 0.15) is 0 Å². The fourth-order valence-corrected chi connectivity index (χ4v) is 3.68. The second-order valence-corrected chi connectivity index (χ2v) is 7.21. The summed E-state index contributed by atoms with van der Waals surface area (Å²) >= 11 is 1.63. The minimum absolute atomic E-state index is 0.0149. The lowest BCUT2D eigenvalue weighted by Crippen LogP contribution is -2.26. The standard InChI is InChI=1S/C16H24N2O2S/c1-11-9-14(12(2)21-11)15(19)3-4-16(20)18-8-6-13-5-7-17-10-13/h9,13,17H,3-8,10H2,1-2H3,(H,18,20). The third kappa shape index (κ3) is 4.93. The number of aryl methyl sites for hydroxylation is 2. The van der Waals surface area contributed by atoms with Crippen molar-refractivity contribution in [1.82, 2.24) is 10.6 Å². The summed E-state index contributed by atoms with van der Waals surface area (Å²) in [6, 6.07) is 1.92. The van der Waals surface area contributed by atoms with E-state index in [9.17, 15) is 9.59 Å². The van der Waals surface area contributed by atoms with Crippen LogP contribution in [-0.4, -0.2) is 31.3 Å². The van der Waals surface area contributed by atoms with E-state index in [1.807, 2.05) is 19.9 Å². The zero-order valence-electron chi connectivity index (χ0n) is 12.8. The molecule has 21 heavy (non-hydrogen) atoms. The molecule has 1 saturated heterocycles. The molecule has 1 aliphatic heterocycles. The number of hydrogen-bond donors (Lipinski definition) is 2. The van der Waals surface area contributed by atoms with E-state index in [0.29, 0.717) is 12.3 Å².